The summed E-state index contributed by atoms with van der Waals surface area (Å²) < 4.78 is 0. The Balaban J connectivity index is 1.96. The summed E-state index contributed by atoms with van der Waals surface area (Å²) in [5.41, 5.74) is 0.452. The van der Waals surface area contributed by atoms with E-state index in [-0.39, 0.29) is 5.78 Å². The van der Waals surface area contributed by atoms with Gasteiger partial charge in [-0.1, -0.05) is 72.3 Å². The van der Waals surface area contributed by atoms with Gasteiger partial charge in [-0.25, -0.2) is 0 Å². The molecule has 1 amide bonds. The Morgan fingerprint density at radius 1 is 1.04 bits per heavy atom. The first-order chi connectivity index (χ1) is 13.4. The summed E-state index contributed by atoms with van der Waals surface area (Å²) >= 11 is 6.22. The molecule has 4 nitrogen and oxygen atoms in total. The molecule has 3 aromatic carbocycles. The van der Waals surface area contributed by atoms with Gasteiger partial charge in [0.2, 0.25) is 0 Å². The second-order valence-corrected chi connectivity index (χ2v) is 7.38. The van der Waals surface area contributed by atoms with E-state index >= 15 is 0 Å². The Hall–Kier alpha value is -2.95. The molecule has 0 bridgehead atoms. The Kier molecular flexibility index (Phi) is 4.53. The number of aryl methyl sites for hydroxylation is 1. The van der Waals surface area contributed by atoms with Crippen LogP contribution in [-0.2, 0) is 10.4 Å². The van der Waals surface area contributed by atoms with E-state index in [0.29, 0.717) is 27.4 Å². The van der Waals surface area contributed by atoms with E-state index in [1.54, 1.807) is 67.6 Å². The van der Waals surface area contributed by atoms with Crippen LogP contribution in [-0.4, -0.2) is 16.8 Å². The molecule has 1 aliphatic heterocycles. The number of anilines is 1. The zero-order chi connectivity index (χ0) is 19.9. The first kappa shape index (κ1) is 18.4. The van der Waals surface area contributed by atoms with Gasteiger partial charge in [0.15, 0.2) is 11.4 Å². The molecular weight excluding hydrogens is 374 g/mol. The molecule has 5 heteroatoms. The van der Waals surface area contributed by atoms with Gasteiger partial charge < -0.3 is 10.4 Å². The molecule has 0 spiro atoms. The number of hydrogen-bond donors (Lipinski definition) is 2. The lowest BCUT2D eigenvalue weighted by Crippen LogP contribution is -2.44. The highest BCUT2D eigenvalue weighted by atomic mass is 35.5. The average Bonchev–Trinajstić information content (AvgIpc) is 2.95. The average molecular weight is 392 g/mol. The van der Waals surface area contributed by atoms with Gasteiger partial charge in [0.25, 0.3) is 5.91 Å². The van der Waals surface area contributed by atoms with Crippen molar-refractivity contribution >= 4 is 29.0 Å². The maximum atomic E-state index is 13.5. The third-order valence-corrected chi connectivity index (χ3v) is 5.39. The molecule has 140 valence electrons. The van der Waals surface area contributed by atoms with Crippen molar-refractivity contribution in [2.24, 2.45) is 0 Å². The smallest absolute Gasteiger partial charge is 0.262 e. The lowest BCUT2D eigenvalue weighted by molar-refractivity contribution is -0.135. The number of ketones is 1. The zero-order valence-electron chi connectivity index (χ0n) is 15.1. The fourth-order valence-electron chi connectivity index (χ4n) is 3.82. The second-order valence-electron chi connectivity index (χ2n) is 6.94. The van der Waals surface area contributed by atoms with E-state index in [9.17, 15) is 14.7 Å². The number of rotatable bonds is 4. The molecular formula is C23H18ClNO3. The van der Waals surface area contributed by atoms with Crippen molar-refractivity contribution in [1.29, 1.82) is 0 Å². The van der Waals surface area contributed by atoms with Crippen LogP contribution in [0.15, 0.2) is 72.8 Å². The van der Waals surface area contributed by atoms with Crippen LogP contribution in [0.4, 0.5) is 5.69 Å². The zero-order valence-corrected chi connectivity index (χ0v) is 15.9. The summed E-state index contributed by atoms with van der Waals surface area (Å²) in [6.45, 7) is 1.80. The Bertz CT molecular complexity index is 1070. The number of hydrogen-bond acceptors (Lipinski definition) is 3. The minimum Gasteiger partial charge on any atom is -0.374 e. The molecule has 0 aliphatic carbocycles. The third kappa shape index (κ3) is 2.82. The summed E-state index contributed by atoms with van der Waals surface area (Å²) in [5, 5.41) is 14.8. The van der Waals surface area contributed by atoms with Gasteiger partial charge in [-0.15, -0.1) is 0 Å². The summed E-state index contributed by atoms with van der Waals surface area (Å²) in [4.78, 5) is 26.5. The number of amides is 1. The lowest BCUT2D eigenvalue weighted by atomic mass is 9.74. The SMILES string of the molecule is Cc1cc(Cl)cc2c1NC(=O)[C@@]2(O)[C@H](C(=O)c1ccccc1)c1ccccc1. The fourth-order valence-corrected chi connectivity index (χ4v) is 4.10. The van der Waals surface area contributed by atoms with Crippen LogP contribution in [0.2, 0.25) is 5.02 Å². The predicted molar refractivity (Wildman–Crippen MR) is 109 cm³/mol. The number of halogens is 1. The monoisotopic (exact) mass is 391 g/mol. The standard InChI is InChI=1S/C23H18ClNO3/c1-14-12-17(24)13-18-20(14)25-22(27)23(18,28)19(15-8-4-2-5-9-15)21(26)16-10-6-3-7-11-16/h2-13,19,28H,1H3,(H,25,27)/t19-,23-/m0/s1. The van der Waals surface area contributed by atoms with Gasteiger partial charge in [0.05, 0.1) is 11.6 Å². The molecule has 0 radical (unpaired) electrons. The quantitative estimate of drug-likeness (QED) is 0.645. The van der Waals surface area contributed by atoms with Crippen LogP contribution >= 0.6 is 11.6 Å². The van der Waals surface area contributed by atoms with Crippen LogP contribution in [0, 0.1) is 6.92 Å². The number of benzene rings is 3. The molecule has 0 aromatic heterocycles. The first-order valence-electron chi connectivity index (χ1n) is 8.91. The predicted octanol–water partition coefficient (Wildman–Crippen LogP) is 4.45. The van der Waals surface area contributed by atoms with Crippen LogP contribution in [0.1, 0.15) is 33.0 Å². The van der Waals surface area contributed by atoms with E-state index in [4.69, 9.17) is 11.6 Å². The number of carbonyl (C=O) groups excluding carboxylic acids is 2. The van der Waals surface area contributed by atoms with E-state index in [1.165, 1.54) is 0 Å². The molecule has 1 heterocycles. The van der Waals surface area contributed by atoms with E-state index in [2.05, 4.69) is 5.32 Å². The molecule has 2 N–H and O–H groups in total. The van der Waals surface area contributed by atoms with Crippen molar-refractivity contribution in [2.75, 3.05) is 5.32 Å². The number of Topliss-reactive ketones (excluding diaryl/α,β-unsaturated/α-hetero) is 1. The third-order valence-electron chi connectivity index (χ3n) is 5.17. The highest BCUT2D eigenvalue weighted by molar-refractivity contribution is 6.31. The largest absolute Gasteiger partial charge is 0.374 e. The van der Waals surface area contributed by atoms with Crippen molar-refractivity contribution in [3.63, 3.8) is 0 Å². The Labute approximate surface area is 167 Å². The lowest BCUT2D eigenvalue weighted by Gasteiger charge is -2.30. The highest BCUT2D eigenvalue weighted by Crippen LogP contribution is 2.48. The Morgan fingerprint density at radius 2 is 1.64 bits per heavy atom. The van der Waals surface area contributed by atoms with Gasteiger partial charge in [0, 0.05) is 16.1 Å². The Morgan fingerprint density at radius 3 is 2.29 bits per heavy atom. The molecule has 0 fully saturated rings. The van der Waals surface area contributed by atoms with Gasteiger partial charge in [0.1, 0.15) is 0 Å². The van der Waals surface area contributed by atoms with Crippen LogP contribution in [0.5, 0.6) is 0 Å². The van der Waals surface area contributed by atoms with Crippen LogP contribution in [0.3, 0.4) is 0 Å². The summed E-state index contributed by atoms with van der Waals surface area (Å²) in [6.07, 6.45) is 0. The summed E-state index contributed by atoms with van der Waals surface area (Å²) in [6, 6.07) is 20.8. The second kappa shape index (κ2) is 6.89. The summed E-state index contributed by atoms with van der Waals surface area (Å²) in [5.74, 6) is -2.09. The molecule has 2 atom stereocenters. The van der Waals surface area contributed by atoms with Crippen molar-refractivity contribution in [1.82, 2.24) is 0 Å². The van der Waals surface area contributed by atoms with E-state index in [1.807, 2.05) is 12.1 Å². The minimum atomic E-state index is -2.07. The molecule has 4 rings (SSSR count). The number of aliphatic hydroxyl groups is 1. The number of carbonyl (C=O) groups is 2. The highest BCUT2D eigenvalue weighted by Gasteiger charge is 2.55. The van der Waals surface area contributed by atoms with E-state index in [0.717, 1.165) is 5.56 Å². The van der Waals surface area contributed by atoms with Gasteiger partial charge >= 0.3 is 0 Å². The van der Waals surface area contributed by atoms with Crippen LogP contribution < -0.4 is 5.32 Å². The number of nitrogens with one attached hydrogen (secondary N) is 1. The maximum Gasteiger partial charge on any atom is 0.262 e. The molecule has 0 unspecified atom stereocenters. The van der Waals surface area contributed by atoms with Crippen molar-refractivity contribution in [3.05, 3.63) is 100 Å². The van der Waals surface area contributed by atoms with E-state index < -0.39 is 17.4 Å². The molecule has 28 heavy (non-hydrogen) atoms. The molecule has 0 saturated carbocycles. The molecule has 0 saturated heterocycles. The van der Waals surface area contributed by atoms with Crippen molar-refractivity contribution in [2.45, 2.75) is 18.4 Å². The van der Waals surface area contributed by atoms with Gasteiger partial charge in [-0.3, -0.25) is 9.59 Å². The minimum absolute atomic E-state index is 0.320. The van der Waals surface area contributed by atoms with Gasteiger partial charge in [-0.2, -0.15) is 0 Å². The van der Waals surface area contributed by atoms with Crippen LogP contribution in [0.25, 0.3) is 0 Å². The normalized spacial score (nSPS) is 19.0. The van der Waals surface area contributed by atoms with Crippen molar-refractivity contribution in [3.8, 4) is 0 Å². The first-order valence-corrected chi connectivity index (χ1v) is 9.29. The number of fused-ring (bicyclic) bond motifs is 1. The molecule has 3 aromatic rings. The fraction of sp³-hybridized carbons (Fsp3) is 0.130. The van der Waals surface area contributed by atoms with Crippen molar-refractivity contribution < 1.29 is 14.7 Å². The van der Waals surface area contributed by atoms with Gasteiger partial charge in [-0.05, 0) is 30.2 Å². The summed E-state index contributed by atoms with van der Waals surface area (Å²) in [7, 11) is 0. The topological polar surface area (TPSA) is 66.4 Å². The molecule has 1 aliphatic rings. The maximum absolute atomic E-state index is 13.5.